The Kier molecular flexibility index (Phi) is 7.69. The van der Waals surface area contributed by atoms with Crippen molar-refractivity contribution >= 4 is 5.96 Å². The molecule has 3 nitrogen and oxygen atoms in total. The van der Waals surface area contributed by atoms with Gasteiger partial charge in [0, 0.05) is 20.1 Å². The van der Waals surface area contributed by atoms with E-state index in [1.807, 2.05) is 13.1 Å². The zero-order valence-electron chi connectivity index (χ0n) is 11.6. The largest absolute Gasteiger partial charge is 0.356 e. The molecule has 100 valence electrons. The average Bonchev–Trinajstić information content (AvgIpc) is 2.42. The van der Waals surface area contributed by atoms with Crippen molar-refractivity contribution < 1.29 is 0 Å². The van der Waals surface area contributed by atoms with Crippen LogP contribution in [0, 0.1) is 0 Å². The minimum absolute atomic E-state index is 0.905. The van der Waals surface area contributed by atoms with Crippen molar-refractivity contribution in [3.8, 4) is 0 Å². The average molecular weight is 247 g/mol. The molecule has 2 N–H and O–H groups in total. The molecule has 0 spiro atoms. The van der Waals surface area contributed by atoms with Crippen LogP contribution in [0.15, 0.2) is 35.3 Å². The summed E-state index contributed by atoms with van der Waals surface area (Å²) in [6.45, 7) is 4.13. The molecule has 0 aliphatic rings. The van der Waals surface area contributed by atoms with E-state index in [4.69, 9.17) is 0 Å². The zero-order chi connectivity index (χ0) is 13.1. The summed E-state index contributed by atoms with van der Waals surface area (Å²) >= 11 is 0. The van der Waals surface area contributed by atoms with Crippen LogP contribution >= 0.6 is 0 Å². The van der Waals surface area contributed by atoms with Crippen LogP contribution in [-0.2, 0) is 6.42 Å². The lowest BCUT2D eigenvalue weighted by molar-refractivity contribution is 0.682. The molecule has 0 saturated carbocycles. The van der Waals surface area contributed by atoms with E-state index >= 15 is 0 Å². The van der Waals surface area contributed by atoms with E-state index in [9.17, 15) is 0 Å². The summed E-state index contributed by atoms with van der Waals surface area (Å²) in [6, 6.07) is 10.5. The Morgan fingerprint density at radius 2 is 1.78 bits per heavy atom. The standard InChI is InChI=1S/C15H25N3/c1-3-4-8-12-17-15(16-2)18-13-11-14-9-6-5-7-10-14/h5-7,9-10H,3-4,8,11-13H2,1-2H3,(H2,16,17,18). The topological polar surface area (TPSA) is 36.4 Å². The molecule has 0 heterocycles. The summed E-state index contributed by atoms with van der Waals surface area (Å²) in [4.78, 5) is 4.21. The van der Waals surface area contributed by atoms with Gasteiger partial charge < -0.3 is 10.6 Å². The number of hydrogen-bond donors (Lipinski definition) is 2. The molecular weight excluding hydrogens is 222 g/mol. The van der Waals surface area contributed by atoms with Crippen molar-refractivity contribution in [3.05, 3.63) is 35.9 Å². The fourth-order valence-electron chi connectivity index (χ4n) is 1.77. The molecule has 1 aromatic carbocycles. The van der Waals surface area contributed by atoms with Crippen LogP contribution in [-0.4, -0.2) is 26.1 Å². The maximum Gasteiger partial charge on any atom is 0.190 e. The number of rotatable bonds is 7. The molecule has 0 amide bonds. The lowest BCUT2D eigenvalue weighted by atomic mass is 10.1. The van der Waals surface area contributed by atoms with Crippen LogP contribution in [0.4, 0.5) is 0 Å². The molecule has 0 aliphatic carbocycles. The lowest BCUT2D eigenvalue weighted by Gasteiger charge is -2.11. The van der Waals surface area contributed by atoms with E-state index in [0.29, 0.717) is 0 Å². The first-order chi connectivity index (χ1) is 8.86. The van der Waals surface area contributed by atoms with Gasteiger partial charge in [-0.15, -0.1) is 0 Å². The van der Waals surface area contributed by atoms with Crippen LogP contribution in [0.1, 0.15) is 31.7 Å². The monoisotopic (exact) mass is 247 g/mol. The van der Waals surface area contributed by atoms with E-state index in [-0.39, 0.29) is 0 Å². The van der Waals surface area contributed by atoms with Crippen LogP contribution in [0.25, 0.3) is 0 Å². The molecule has 0 aromatic heterocycles. The van der Waals surface area contributed by atoms with Gasteiger partial charge in [-0.1, -0.05) is 50.1 Å². The summed E-state index contributed by atoms with van der Waals surface area (Å²) in [5.74, 6) is 0.905. The molecule has 0 saturated heterocycles. The fraction of sp³-hybridized carbons (Fsp3) is 0.533. The zero-order valence-corrected chi connectivity index (χ0v) is 11.6. The summed E-state index contributed by atoms with van der Waals surface area (Å²) in [5, 5.41) is 6.66. The van der Waals surface area contributed by atoms with Crippen molar-refractivity contribution in [2.45, 2.75) is 32.6 Å². The van der Waals surface area contributed by atoms with Gasteiger partial charge in [0.1, 0.15) is 0 Å². The first-order valence-corrected chi connectivity index (χ1v) is 6.85. The first-order valence-electron chi connectivity index (χ1n) is 6.85. The van der Waals surface area contributed by atoms with Gasteiger partial charge in [0.05, 0.1) is 0 Å². The summed E-state index contributed by atoms with van der Waals surface area (Å²) in [7, 11) is 1.82. The van der Waals surface area contributed by atoms with Gasteiger partial charge in [0.2, 0.25) is 0 Å². The lowest BCUT2D eigenvalue weighted by Crippen LogP contribution is -2.38. The van der Waals surface area contributed by atoms with Gasteiger partial charge in [-0.3, -0.25) is 4.99 Å². The van der Waals surface area contributed by atoms with Crippen molar-refractivity contribution in [2.24, 2.45) is 4.99 Å². The van der Waals surface area contributed by atoms with Gasteiger partial charge in [-0.25, -0.2) is 0 Å². The number of aliphatic imine (C=N–C) groups is 1. The second-order valence-corrected chi connectivity index (χ2v) is 4.37. The quantitative estimate of drug-likeness (QED) is 0.441. The third kappa shape index (κ3) is 6.28. The normalized spacial score (nSPS) is 11.3. The molecule has 0 fully saturated rings. The highest BCUT2D eigenvalue weighted by Gasteiger charge is 1.96. The highest BCUT2D eigenvalue weighted by atomic mass is 15.2. The Morgan fingerprint density at radius 3 is 2.44 bits per heavy atom. The minimum atomic E-state index is 0.905. The van der Waals surface area contributed by atoms with E-state index in [2.05, 4.69) is 46.8 Å². The Bertz CT molecular complexity index is 333. The summed E-state index contributed by atoms with van der Waals surface area (Å²) in [5.41, 5.74) is 1.35. The Balaban J connectivity index is 2.16. The molecule has 0 atom stereocenters. The molecule has 0 unspecified atom stereocenters. The van der Waals surface area contributed by atoms with Crippen LogP contribution < -0.4 is 10.6 Å². The smallest absolute Gasteiger partial charge is 0.190 e. The highest BCUT2D eigenvalue weighted by Crippen LogP contribution is 1.98. The molecule has 18 heavy (non-hydrogen) atoms. The minimum Gasteiger partial charge on any atom is -0.356 e. The van der Waals surface area contributed by atoms with Crippen molar-refractivity contribution in [3.63, 3.8) is 0 Å². The van der Waals surface area contributed by atoms with Crippen LogP contribution in [0.5, 0.6) is 0 Å². The van der Waals surface area contributed by atoms with Gasteiger partial charge in [0.25, 0.3) is 0 Å². The number of hydrogen-bond acceptors (Lipinski definition) is 1. The Morgan fingerprint density at radius 1 is 1.06 bits per heavy atom. The van der Waals surface area contributed by atoms with Crippen molar-refractivity contribution in [1.82, 2.24) is 10.6 Å². The van der Waals surface area contributed by atoms with Crippen molar-refractivity contribution in [1.29, 1.82) is 0 Å². The first kappa shape index (κ1) is 14.6. The van der Waals surface area contributed by atoms with E-state index in [0.717, 1.165) is 25.5 Å². The predicted octanol–water partition coefficient (Wildman–Crippen LogP) is 2.58. The molecular formula is C15H25N3. The molecule has 1 aromatic rings. The third-order valence-electron chi connectivity index (χ3n) is 2.85. The maximum absolute atomic E-state index is 4.21. The number of unbranched alkanes of at least 4 members (excludes halogenated alkanes) is 2. The number of benzene rings is 1. The van der Waals surface area contributed by atoms with E-state index < -0.39 is 0 Å². The maximum atomic E-state index is 4.21. The number of nitrogens with one attached hydrogen (secondary N) is 2. The SMILES string of the molecule is CCCCCNC(=NC)NCCc1ccccc1. The fourth-order valence-corrected chi connectivity index (χ4v) is 1.77. The summed E-state index contributed by atoms with van der Waals surface area (Å²) in [6.07, 6.45) is 4.75. The second kappa shape index (κ2) is 9.51. The molecule has 3 heteroatoms. The molecule has 0 radical (unpaired) electrons. The third-order valence-corrected chi connectivity index (χ3v) is 2.85. The molecule has 0 aliphatic heterocycles. The number of nitrogens with zero attached hydrogens (tertiary/aromatic N) is 1. The van der Waals surface area contributed by atoms with E-state index in [1.165, 1.54) is 24.8 Å². The molecule has 0 bridgehead atoms. The predicted molar refractivity (Wildman–Crippen MR) is 79.0 cm³/mol. The number of guanidine groups is 1. The Labute approximate surface area is 111 Å². The van der Waals surface area contributed by atoms with Gasteiger partial charge in [0.15, 0.2) is 5.96 Å². The van der Waals surface area contributed by atoms with Crippen LogP contribution in [0.3, 0.4) is 0 Å². The highest BCUT2D eigenvalue weighted by molar-refractivity contribution is 5.79. The van der Waals surface area contributed by atoms with Gasteiger partial charge >= 0.3 is 0 Å². The van der Waals surface area contributed by atoms with Crippen molar-refractivity contribution in [2.75, 3.05) is 20.1 Å². The van der Waals surface area contributed by atoms with Gasteiger partial charge in [-0.05, 0) is 18.4 Å². The summed E-state index contributed by atoms with van der Waals surface area (Å²) < 4.78 is 0. The Hall–Kier alpha value is -1.51. The molecule has 1 rings (SSSR count). The van der Waals surface area contributed by atoms with E-state index in [1.54, 1.807) is 0 Å². The van der Waals surface area contributed by atoms with Gasteiger partial charge in [-0.2, -0.15) is 0 Å². The second-order valence-electron chi connectivity index (χ2n) is 4.37. The van der Waals surface area contributed by atoms with Crippen LogP contribution in [0.2, 0.25) is 0 Å².